The molecule has 0 spiro atoms. The van der Waals surface area contributed by atoms with Crippen molar-refractivity contribution >= 4 is 16.8 Å². The summed E-state index contributed by atoms with van der Waals surface area (Å²) in [6.07, 6.45) is -4.79. The number of benzene rings is 1. The van der Waals surface area contributed by atoms with Crippen molar-refractivity contribution in [3.05, 3.63) is 53.4 Å². The van der Waals surface area contributed by atoms with Gasteiger partial charge in [0.05, 0.1) is 24.3 Å². The second-order valence-corrected chi connectivity index (χ2v) is 8.53. The molecule has 1 aromatic carbocycles. The van der Waals surface area contributed by atoms with Gasteiger partial charge in [0.1, 0.15) is 11.8 Å². The average molecular weight is 498 g/mol. The number of fused-ring (bicyclic) bond motifs is 1. The first-order valence-electron chi connectivity index (χ1n) is 10.9. The molecule has 8 nitrogen and oxygen atoms in total. The highest BCUT2D eigenvalue weighted by Gasteiger charge is 2.43. The second-order valence-electron chi connectivity index (χ2n) is 8.53. The SMILES string of the molecule is O=C(N[C@H]1CC[C@H](c2nnc([C@H]3C[C@@H](OC(F)(F)F)C3)o2)OC1)c1ccc2c(F)c(F)ccc2n1. The summed E-state index contributed by atoms with van der Waals surface area (Å²) in [4.78, 5) is 16.7. The number of aromatic nitrogens is 3. The number of alkyl halides is 3. The van der Waals surface area contributed by atoms with Gasteiger partial charge in [-0.2, -0.15) is 0 Å². The van der Waals surface area contributed by atoms with Gasteiger partial charge in [-0.3, -0.25) is 9.53 Å². The molecule has 13 heteroatoms. The molecule has 1 N–H and O–H groups in total. The minimum absolute atomic E-state index is 0.0189. The van der Waals surface area contributed by atoms with Crippen molar-refractivity contribution < 1.29 is 40.6 Å². The zero-order chi connectivity index (χ0) is 24.7. The summed E-state index contributed by atoms with van der Waals surface area (Å²) in [6, 6.07) is 4.54. The molecule has 1 saturated carbocycles. The fourth-order valence-electron chi connectivity index (χ4n) is 4.18. The number of nitrogens with one attached hydrogen (secondary N) is 1. The fraction of sp³-hybridized carbons (Fsp3) is 0.455. The molecule has 2 aliphatic rings. The first kappa shape index (κ1) is 23.5. The molecule has 1 saturated heterocycles. The zero-order valence-corrected chi connectivity index (χ0v) is 18.0. The number of carbonyl (C=O) groups excluding carboxylic acids is 1. The van der Waals surface area contributed by atoms with Gasteiger partial charge in [-0.1, -0.05) is 0 Å². The van der Waals surface area contributed by atoms with E-state index >= 15 is 0 Å². The number of pyridine rings is 1. The first-order valence-corrected chi connectivity index (χ1v) is 10.9. The van der Waals surface area contributed by atoms with E-state index in [2.05, 4.69) is 25.2 Å². The predicted molar refractivity (Wildman–Crippen MR) is 108 cm³/mol. The Hall–Kier alpha value is -3.19. The van der Waals surface area contributed by atoms with Crippen LogP contribution < -0.4 is 5.32 Å². The van der Waals surface area contributed by atoms with E-state index in [1.165, 1.54) is 18.2 Å². The van der Waals surface area contributed by atoms with Crippen LogP contribution >= 0.6 is 0 Å². The van der Waals surface area contributed by atoms with E-state index in [4.69, 9.17) is 9.15 Å². The molecule has 0 bridgehead atoms. The molecule has 0 radical (unpaired) electrons. The summed E-state index contributed by atoms with van der Waals surface area (Å²) < 4.78 is 79.3. The lowest BCUT2D eigenvalue weighted by Crippen LogP contribution is -2.41. The van der Waals surface area contributed by atoms with Crippen molar-refractivity contribution in [3.63, 3.8) is 0 Å². The summed E-state index contributed by atoms with van der Waals surface area (Å²) in [7, 11) is 0. The summed E-state index contributed by atoms with van der Waals surface area (Å²) in [5.74, 6) is -2.31. The lowest BCUT2D eigenvalue weighted by molar-refractivity contribution is -0.352. The Labute approximate surface area is 194 Å². The Kier molecular flexibility index (Phi) is 6.13. The highest BCUT2D eigenvalue weighted by molar-refractivity contribution is 5.95. The Morgan fingerprint density at radius 2 is 1.83 bits per heavy atom. The van der Waals surface area contributed by atoms with Gasteiger partial charge < -0.3 is 14.5 Å². The van der Waals surface area contributed by atoms with Gasteiger partial charge in [-0.05, 0) is 49.9 Å². The van der Waals surface area contributed by atoms with E-state index < -0.39 is 36.1 Å². The van der Waals surface area contributed by atoms with Crippen LogP contribution in [0.5, 0.6) is 0 Å². The maximum absolute atomic E-state index is 13.8. The molecule has 2 aromatic heterocycles. The van der Waals surface area contributed by atoms with Gasteiger partial charge in [0.2, 0.25) is 11.8 Å². The molecule has 1 aliphatic carbocycles. The number of hydrogen-bond donors (Lipinski definition) is 1. The zero-order valence-electron chi connectivity index (χ0n) is 18.0. The Morgan fingerprint density at radius 3 is 2.54 bits per heavy atom. The summed E-state index contributed by atoms with van der Waals surface area (Å²) in [5.41, 5.74) is 0.215. The maximum atomic E-state index is 13.8. The summed E-state index contributed by atoms with van der Waals surface area (Å²) >= 11 is 0. The fourth-order valence-corrected chi connectivity index (χ4v) is 4.18. The molecule has 186 valence electrons. The third kappa shape index (κ3) is 5.10. The molecule has 2 atom stereocenters. The van der Waals surface area contributed by atoms with Crippen LogP contribution in [0.4, 0.5) is 22.0 Å². The lowest BCUT2D eigenvalue weighted by Gasteiger charge is -2.33. The Balaban J connectivity index is 1.13. The number of ether oxygens (including phenoxy) is 2. The van der Waals surface area contributed by atoms with Gasteiger partial charge in [0.15, 0.2) is 11.6 Å². The molecule has 35 heavy (non-hydrogen) atoms. The van der Waals surface area contributed by atoms with Crippen LogP contribution in [0.1, 0.15) is 60.0 Å². The first-order chi connectivity index (χ1) is 16.7. The van der Waals surface area contributed by atoms with Gasteiger partial charge in [0, 0.05) is 11.3 Å². The average Bonchev–Trinajstić information content (AvgIpc) is 3.28. The Bertz CT molecular complexity index is 1240. The van der Waals surface area contributed by atoms with Crippen molar-refractivity contribution in [3.8, 4) is 0 Å². The van der Waals surface area contributed by atoms with Crippen molar-refractivity contribution in [2.24, 2.45) is 0 Å². The van der Waals surface area contributed by atoms with Crippen LogP contribution in [-0.2, 0) is 9.47 Å². The summed E-state index contributed by atoms with van der Waals surface area (Å²) in [5, 5.41) is 10.7. The number of nitrogens with zero attached hydrogens (tertiary/aromatic N) is 3. The Morgan fingerprint density at radius 1 is 1.06 bits per heavy atom. The summed E-state index contributed by atoms with van der Waals surface area (Å²) in [6.45, 7) is 0.159. The van der Waals surface area contributed by atoms with Crippen LogP contribution in [0.3, 0.4) is 0 Å². The second kappa shape index (κ2) is 9.11. The van der Waals surface area contributed by atoms with Crippen LogP contribution in [0.2, 0.25) is 0 Å². The minimum atomic E-state index is -4.67. The molecular formula is C22H19F5N4O4. The highest BCUT2D eigenvalue weighted by atomic mass is 19.4. The number of rotatable bonds is 5. The third-order valence-electron chi connectivity index (χ3n) is 6.08. The van der Waals surface area contributed by atoms with Crippen molar-refractivity contribution in [2.75, 3.05) is 6.61 Å². The predicted octanol–water partition coefficient (Wildman–Crippen LogP) is 4.33. The van der Waals surface area contributed by atoms with E-state index in [1.807, 2.05) is 0 Å². The van der Waals surface area contributed by atoms with Gasteiger partial charge in [-0.25, -0.2) is 13.8 Å². The van der Waals surface area contributed by atoms with Crippen LogP contribution in [0.25, 0.3) is 10.9 Å². The molecule has 1 amide bonds. The van der Waals surface area contributed by atoms with Crippen molar-refractivity contribution in [1.82, 2.24) is 20.5 Å². The minimum Gasteiger partial charge on any atom is -0.422 e. The number of amides is 1. The van der Waals surface area contributed by atoms with E-state index in [1.54, 1.807) is 0 Å². The normalized spacial score (nSPS) is 24.8. The highest BCUT2D eigenvalue weighted by Crippen LogP contribution is 2.41. The van der Waals surface area contributed by atoms with Crippen LogP contribution in [-0.4, -0.2) is 46.2 Å². The molecule has 1 aliphatic heterocycles. The van der Waals surface area contributed by atoms with Crippen LogP contribution in [0, 0.1) is 11.6 Å². The number of hydrogen-bond acceptors (Lipinski definition) is 7. The van der Waals surface area contributed by atoms with Gasteiger partial charge in [0.25, 0.3) is 5.91 Å². The molecule has 5 rings (SSSR count). The van der Waals surface area contributed by atoms with Crippen molar-refractivity contribution in [1.29, 1.82) is 0 Å². The molecule has 3 heterocycles. The van der Waals surface area contributed by atoms with Gasteiger partial charge in [-0.15, -0.1) is 23.4 Å². The number of halogens is 5. The molecular weight excluding hydrogens is 479 g/mol. The molecule has 2 fully saturated rings. The lowest BCUT2D eigenvalue weighted by atomic mass is 9.82. The standard InChI is InChI=1S/C22H19F5N4O4/c23-14-3-5-15-13(18(14)24)2-4-16(29-15)19(32)28-11-1-6-17(33-9-11)21-31-30-20(34-21)10-7-12(8-10)35-22(25,26)27/h2-5,10-12,17H,1,6-9H2,(H,28,32)/t10-,11-,12+,17+/m0/s1. The van der Waals surface area contributed by atoms with Crippen molar-refractivity contribution in [2.45, 2.75) is 56.2 Å². The number of carbonyl (C=O) groups is 1. The van der Waals surface area contributed by atoms with E-state index in [0.29, 0.717) is 12.8 Å². The third-order valence-corrected chi connectivity index (χ3v) is 6.08. The maximum Gasteiger partial charge on any atom is 0.522 e. The van der Waals surface area contributed by atoms with E-state index in [9.17, 15) is 26.7 Å². The smallest absolute Gasteiger partial charge is 0.422 e. The topological polar surface area (TPSA) is 99.4 Å². The largest absolute Gasteiger partial charge is 0.522 e. The quantitative estimate of drug-likeness (QED) is 0.523. The molecule has 0 unspecified atom stereocenters. The monoisotopic (exact) mass is 498 g/mol. The van der Waals surface area contributed by atoms with E-state index in [-0.39, 0.29) is 59.8 Å². The van der Waals surface area contributed by atoms with E-state index in [0.717, 1.165) is 6.07 Å². The van der Waals surface area contributed by atoms with Crippen LogP contribution in [0.15, 0.2) is 28.7 Å². The molecule has 3 aromatic rings. The van der Waals surface area contributed by atoms with Gasteiger partial charge >= 0.3 is 6.36 Å².